The topological polar surface area (TPSA) is 49.4 Å². The summed E-state index contributed by atoms with van der Waals surface area (Å²) in [6, 6.07) is 3.87. The van der Waals surface area contributed by atoms with E-state index in [9.17, 15) is 18.4 Å². The molecule has 1 saturated carbocycles. The number of hydrogen-bond acceptors (Lipinski definition) is 2. The van der Waals surface area contributed by atoms with Crippen LogP contribution in [0.2, 0.25) is 0 Å². The molecule has 6 heteroatoms. The SMILES string of the molecule is CC1(C2CC2)C(=O)NCC(=O)N1Cc1cccc(F)c1F. The zero-order valence-corrected chi connectivity index (χ0v) is 11.7. The second-order valence-electron chi connectivity index (χ2n) is 5.80. The van der Waals surface area contributed by atoms with E-state index in [0.29, 0.717) is 0 Å². The zero-order valence-electron chi connectivity index (χ0n) is 11.7. The van der Waals surface area contributed by atoms with Crippen LogP contribution in [0.3, 0.4) is 0 Å². The van der Waals surface area contributed by atoms with Gasteiger partial charge in [-0.05, 0) is 31.7 Å². The number of halogens is 2. The van der Waals surface area contributed by atoms with Crippen molar-refractivity contribution < 1.29 is 18.4 Å². The van der Waals surface area contributed by atoms with Crippen LogP contribution < -0.4 is 5.32 Å². The summed E-state index contributed by atoms with van der Waals surface area (Å²) in [6.45, 7) is 1.51. The first-order chi connectivity index (χ1) is 9.94. The maximum Gasteiger partial charge on any atom is 0.246 e. The molecular weight excluding hydrogens is 278 g/mol. The van der Waals surface area contributed by atoms with Crippen molar-refractivity contribution in [1.82, 2.24) is 10.2 Å². The summed E-state index contributed by atoms with van der Waals surface area (Å²) in [7, 11) is 0. The number of piperazine rings is 1. The van der Waals surface area contributed by atoms with Gasteiger partial charge in [0.25, 0.3) is 0 Å². The average Bonchev–Trinajstić information content (AvgIpc) is 3.28. The van der Waals surface area contributed by atoms with E-state index < -0.39 is 17.2 Å². The molecule has 1 saturated heterocycles. The minimum Gasteiger partial charge on any atom is -0.345 e. The fourth-order valence-electron chi connectivity index (χ4n) is 2.96. The molecule has 2 amide bonds. The highest BCUT2D eigenvalue weighted by Crippen LogP contribution is 2.44. The van der Waals surface area contributed by atoms with Gasteiger partial charge in [-0.2, -0.15) is 0 Å². The number of carbonyl (C=O) groups is 2. The van der Waals surface area contributed by atoms with Crippen molar-refractivity contribution in [3.63, 3.8) is 0 Å². The Balaban J connectivity index is 1.95. The van der Waals surface area contributed by atoms with Gasteiger partial charge < -0.3 is 10.2 Å². The lowest BCUT2D eigenvalue weighted by molar-refractivity contribution is -0.155. The number of nitrogens with one attached hydrogen (secondary N) is 1. The van der Waals surface area contributed by atoms with Gasteiger partial charge in [-0.1, -0.05) is 12.1 Å². The van der Waals surface area contributed by atoms with Gasteiger partial charge in [0.15, 0.2) is 11.6 Å². The fourth-order valence-corrected chi connectivity index (χ4v) is 2.96. The summed E-state index contributed by atoms with van der Waals surface area (Å²) in [5, 5.41) is 2.59. The van der Waals surface area contributed by atoms with E-state index in [0.717, 1.165) is 18.9 Å². The predicted molar refractivity (Wildman–Crippen MR) is 71.0 cm³/mol. The Morgan fingerprint density at radius 1 is 1.33 bits per heavy atom. The van der Waals surface area contributed by atoms with E-state index in [2.05, 4.69) is 5.32 Å². The minimum absolute atomic E-state index is 0.0818. The van der Waals surface area contributed by atoms with Gasteiger partial charge in [-0.15, -0.1) is 0 Å². The third-order valence-corrected chi connectivity index (χ3v) is 4.45. The highest BCUT2D eigenvalue weighted by molar-refractivity contribution is 5.98. The summed E-state index contributed by atoms with van der Waals surface area (Å²) in [5.41, 5.74) is -0.890. The maximum absolute atomic E-state index is 13.8. The molecule has 4 nitrogen and oxygen atoms in total. The van der Waals surface area contributed by atoms with Crippen molar-refractivity contribution in [1.29, 1.82) is 0 Å². The smallest absolute Gasteiger partial charge is 0.246 e. The van der Waals surface area contributed by atoms with E-state index in [1.54, 1.807) is 6.92 Å². The summed E-state index contributed by atoms with van der Waals surface area (Å²) in [5.74, 6) is -2.32. The van der Waals surface area contributed by atoms with Crippen LogP contribution in [-0.2, 0) is 16.1 Å². The number of nitrogens with zero attached hydrogens (tertiary/aromatic N) is 1. The Labute approximate surface area is 121 Å². The summed E-state index contributed by atoms with van der Waals surface area (Å²) < 4.78 is 27.1. The molecule has 1 heterocycles. The van der Waals surface area contributed by atoms with E-state index in [1.165, 1.54) is 17.0 Å². The highest BCUT2D eigenvalue weighted by Gasteiger charge is 2.54. The number of amides is 2. The van der Waals surface area contributed by atoms with Crippen molar-refractivity contribution >= 4 is 11.8 Å². The molecule has 1 aliphatic heterocycles. The van der Waals surface area contributed by atoms with Gasteiger partial charge >= 0.3 is 0 Å². The summed E-state index contributed by atoms with van der Waals surface area (Å²) in [4.78, 5) is 25.8. The monoisotopic (exact) mass is 294 g/mol. The molecule has 1 unspecified atom stereocenters. The lowest BCUT2D eigenvalue weighted by Crippen LogP contribution is -2.66. The largest absolute Gasteiger partial charge is 0.345 e. The number of rotatable bonds is 3. The Bertz CT molecular complexity index is 616. The van der Waals surface area contributed by atoms with Crippen molar-refractivity contribution in [3.8, 4) is 0 Å². The quantitative estimate of drug-likeness (QED) is 0.920. The average molecular weight is 294 g/mol. The van der Waals surface area contributed by atoms with Crippen molar-refractivity contribution in [3.05, 3.63) is 35.4 Å². The maximum atomic E-state index is 13.8. The van der Waals surface area contributed by atoms with Crippen LogP contribution in [0, 0.1) is 17.6 Å². The Hall–Kier alpha value is -1.98. The molecule has 2 fully saturated rings. The number of benzene rings is 1. The molecule has 1 aromatic rings. The lowest BCUT2D eigenvalue weighted by atomic mass is 9.89. The van der Waals surface area contributed by atoms with Gasteiger partial charge in [0.05, 0.1) is 6.54 Å². The molecule has 0 aromatic heterocycles. The molecule has 1 N–H and O–H groups in total. The number of carbonyl (C=O) groups excluding carboxylic acids is 2. The first kappa shape index (κ1) is 14.0. The van der Waals surface area contributed by atoms with Crippen LogP contribution in [0.1, 0.15) is 25.3 Å². The lowest BCUT2D eigenvalue weighted by Gasteiger charge is -2.44. The molecule has 112 valence electrons. The third-order valence-electron chi connectivity index (χ3n) is 4.45. The summed E-state index contributed by atoms with van der Waals surface area (Å²) in [6.07, 6.45) is 1.72. The fraction of sp³-hybridized carbons (Fsp3) is 0.467. The van der Waals surface area contributed by atoms with Gasteiger partial charge in [-0.25, -0.2) is 8.78 Å². The normalized spacial score (nSPS) is 26.0. The molecule has 1 atom stereocenters. The molecule has 21 heavy (non-hydrogen) atoms. The van der Waals surface area contributed by atoms with E-state index in [-0.39, 0.29) is 36.4 Å². The van der Waals surface area contributed by atoms with E-state index in [4.69, 9.17) is 0 Å². The van der Waals surface area contributed by atoms with Crippen LogP contribution in [0.5, 0.6) is 0 Å². The van der Waals surface area contributed by atoms with Crippen LogP contribution >= 0.6 is 0 Å². The van der Waals surface area contributed by atoms with E-state index in [1.807, 2.05) is 0 Å². The Morgan fingerprint density at radius 3 is 2.71 bits per heavy atom. The highest BCUT2D eigenvalue weighted by atomic mass is 19.2. The molecular formula is C15H16F2N2O2. The van der Waals surface area contributed by atoms with Gasteiger partial charge in [-0.3, -0.25) is 9.59 Å². The molecule has 2 aliphatic rings. The molecule has 0 radical (unpaired) electrons. The third kappa shape index (κ3) is 2.18. The van der Waals surface area contributed by atoms with Crippen LogP contribution in [0.4, 0.5) is 8.78 Å². The van der Waals surface area contributed by atoms with Gasteiger partial charge in [0.1, 0.15) is 5.54 Å². The van der Waals surface area contributed by atoms with Gasteiger partial charge in [0.2, 0.25) is 11.8 Å². The van der Waals surface area contributed by atoms with Crippen LogP contribution in [0.15, 0.2) is 18.2 Å². The van der Waals surface area contributed by atoms with Crippen LogP contribution in [0.25, 0.3) is 0 Å². The Morgan fingerprint density at radius 2 is 2.05 bits per heavy atom. The first-order valence-electron chi connectivity index (χ1n) is 6.96. The van der Waals surface area contributed by atoms with Crippen molar-refractivity contribution in [2.75, 3.05) is 6.54 Å². The van der Waals surface area contributed by atoms with Crippen LogP contribution in [-0.4, -0.2) is 28.8 Å². The molecule has 0 spiro atoms. The first-order valence-corrected chi connectivity index (χ1v) is 6.96. The molecule has 3 rings (SSSR count). The zero-order chi connectivity index (χ0) is 15.2. The standard InChI is InChI=1S/C15H16F2N2O2/c1-15(10-5-6-10)14(21)18-7-12(20)19(15)8-9-3-2-4-11(16)13(9)17/h2-4,10H,5-8H2,1H3,(H,18,21). The molecule has 1 aliphatic carbocycles. The van der Waals surface area contributed by atoms with E-state index >= 15 is 0 Å². The second-order valence-corrected chi connectivity index (χ2v) is 5.80. The summed E-state index contributed by atoms with van der Waals surface area (Å²) >= 11 is 0. The Kier molecular flexibility index (Phi) is 3.19. The predicted octanol–water partition coefficient (Wildman–Crippen LogP) is 1.59. The molecule has 1 aromatic carbocycles. The van der Waals surface area contributed by atoms with Gasteiger partial charge in [0, 0.05) is 12.1 Å². The number of hydrogen-bond donors (Lipinski definition) is 1. The minimum atomic E-state index is -0.978. The van der Waals surface area contributed by atoms with Crippen molar-refractivity contribution in [2.45, 2.75) is 31.8 Å². The van der Waals surface area contributed by atoms with Crippen molar-refractivity contribution in [2.24, 2.45) is 5.92 Å². The second kappa shape index (κ2) is 4.79. The molecule has 0 bridgehead atoms.